The first-order valence-corrected chi connectivity index (χ1v) is 14.4. The standard InChI is InChI=1S/C28H42F8O/c1-2-3-15-4-6-16(7-5-15)17-8-9-20(21(29)10-17)18-11-22(30)26(23(31)12-18)28(35,36)37-19-13-24(32)27(34)25(33)14-19/h15-27H,2-14H2,1H3. The molecule has 7 atom stereocenters. The maximum absolute atomic E-state index is 15.3. The van der Waals surface area contributed by atoms with Gasteiger partial charge in [-0.1, -0.05) is 32.6 Å². The summed E-state index contributed by atoms with van der Waals surface area (Å²) in [4.78, 5) is 0. The summed E-state index contributed by atoms with van der Waals surface area (Å²) in [6.07, 6.45) is -12.5. The zero-order valence-corrected chi connectivity index (χ0v) is 21.6. The Morgan fingerprint density at radius 3 is 1.70 bits per heavy atom. The summed E-state index contributed by atoms with van der Waals surface area (Å²) < 4.78 is 120. The Kier molecular flexibility index (Phi) is 9.75. The van der Waals surface area contributed by atoms with Crippen LogP contribution in [0, 0.1) is 35.5 Å². The average Bonchev–Trinajstić information content (AvgIpc) is 2.82. The molecule has 0 bridgehead atoms. The van der Waals surface area contributed by atoms with Gasteiger partial charge in [-0.25, -0.2) is 26.3 Å². The molecule has 0 heterocycles. The van der Waals surface area contributed by atoms with Crippen molar-refractivity contribution in [3.8, 4) is 0 Å². The Morgan fingerprint density at radius 2 is 1.16 bits per heavy atom. The molecular weight excluding hydrogens is 504 g/mol. The molecule has 4 aliphatic rings. The third-order valence-corrected chi connectivity index (χ3v) is 9.94. The van der Waals surface area contributed by atoms with Crippen molar-refractivity contribution in [1.82, 2.24) is 0 Å². The topological polar surface area (TPSA) is 9.23 Å². The highest BCUT2D eigenvalue weighted by atomic mass is 19.3. The van der Waals surface area contributed by atoms with E-state index in [2.05, 4.69) is 11.7 Å². The van der Waals surface area contributed by atoms with Gasteiger partial charge < -0.3 is 4.74 Å². The van der Waals surface area contributed by atoms with Crippen LogP contribution in [-0.4, -0.2) is 49.2 Å². The van der Waals surface area contributed by atoms with Gasteiger partial charge in [0.15, 0.2) is 6.17 Å². The number of hydrogen-bond acceptors (Lipinski definition) is 1. The van der Waals surface area contributed by atoms with Gasteiger partial charge in [-0.05, 0) is 74.5 Å². The number of ether oxygens (including phenoxy) is 1. The van der Waals surface area contributed by atoms with Crippen molar-refractivity contribution in [2.24, 2.45) is 35.5 Å². The second-order valence-electron chi connectivity index (χ2n) is 12.4. The normalized spacial score (nSPS) is 48.1. The van der Waals surface area contributed by atoms with Crippen LogP contribution in [0.15, 0.2) is 0 Å². The molecule has 0 aromatic rings. The smallest absolute Gasteiger partial charge is 0.317 e. The maximum Gasteiger partial charge on any atom is 0.364 e. The van der Waals surface area contributed by atoms with Gasteiger partial charge >= 0.3 is 6.11 Å². The molecule has 0 spiro atoms. The molecule has 4 rings (SSSR count). The highest BCUT2D eigenvalue weighted by molar-refractivity contribution is 4.97. The molecule has 4 saturated carbocycles. The van der Waals surface area contributed by atoms with E-state index in [1.54, 1.807) is 0 Å². The molecule has 7 unspecified atom stereocenters. The van der Waals surface area contributed by atoms with E-state index in [1.165, 1.54) is 25.7 Å². The molecule has 0 radical (unpaired) electrons. The van der Waals surface area contributed by atoms with Crippen molar-refractivity contribution in [3.63, 3.8) is 0 Å². The van der Waals surface area contributed by atoms with Crippen LogP contribution in [0.1, 0.15) is 90.4 Å². The quantitative estimate of drug-likeness (QED) is 0.290. The van der Waals surface area contributed by atoms with Gasteiger partial charge in [0.05, 0.1) is 6.10 Å². The van der Waals surface area contributed by atoms with Crippen LogP contribution < -0.4 is 0 Å². The maximum atomic E-state index is 15.3. The molecule has 0 aromatic carbocycles. The predicted molar refractivity (Wildman–Crippen MR) is 126 cm³/mol. The number of halogens is 8. The van der Waals surface area contributed by atoms with E-state index in [-0.39, 0.29) is 5.92 Å². The van der Waals surface area contributed by atoms with E-state index in [0.29, 0.717) is 18.8 Å². The fraction of sp³-hybridized carbons (Fsp3) is 1.00. The van der Waals surface area contributed by atoms with Crippen molar-refractivity contribution in [2.45, 2.75) is 140 Å². The fourth-order valence-corrected chi connectivity index (χ4v) is 7.93. The molecule has 1 nitrogen and oxygen atoms in total. The summed E-state index contributed by atoms with van der Waals surface area (Å²) in [7, 11) is 0. The predicted octanol–water partition coefficient (Wildman–Crippen LogP) is 8.84. The molecule has 0 aromatic heterocycles. The first kappa shape index (κ1) is 29.4. The minimum absolute atomic E-state index is 0.267. The van der Waals surface area contributed by atoms with Crippen molar-refractivity contribution in [2.75, 3.05) is 0 Å². The van der Waals surface area contributed by atoms with Gasteiger partial charge in [0.25, 0.3) is 0 Å². The third-order valence-electron chi connectivity index (χ3n) is 9.94. The summed E-state index contributed by atoms with van der Waals surface area (Å²) in [5, 5.41) is 0. The van der Waals surface area contributed by atoms with Crippen molar-refractivity contribution in [3.05, 3.63) is 0 Å². The molecule has 0 amide bonds. The summed E-state index contributed by atoms with van der Waals surface area (Å²) >= 11 is 0. The molecule has 0 saturated heterocycles. The van der Waals surface area contributed by atoms with E-state index in [0.717, 1.165) is 25.2 Å². The van der Waals surface area contributed by atoms with Gasteiger partial charge in [0.1, 0.15) is 36.8 Å². The first-order valence-electron chi connectivity index (χ1n) is 14.4. The molecular formula is C28H42F8O. The minimum atomic E-state index is -4.31. The van der Waals surface area contributed by atoms with Crippen molar-refractivity contribution < 1.29 is 39.9 Å². The Labute approximate surface area is 215 Å². The molecule has 37 heavy (non-hydrogen) atoms. The van der Waals surface area contributed by atoms with Crippen LogP contribution in [0.3, 0.4) is 0 Å². The van der Waals surface area contributed by atoms with Gasteiger partial charge in [0.2, 0.25) is 0 Å². The number of rotatable bonds is 7. The number of hydrogen-bond donors (Lipinski definition) is 0. The van der Waals surface area contributed by atoms with E-state index in [1.807, 2.05) is 0 Å². The lowest BCUT2D eigenvalue weighted by molar-refractivity contribution is -0.323. The third kappa shape index (κ3) is 6.77. The van der Waals surface area contributed by atoms with Crippen LogP contribution in [0.4, 0.5) is 35.1 Å². The van der Waals surface area contributed by atoms with Crippen LogP contribution in [-0.2, 0) is 4.74 Å². The Hall–Kier alpha value is -0.600. The molecule has 0 aliphatic heterocycles. The van der Waals surface area contributed by atoms with Gasteiger partial charge in [-0.2, -0.15) is 8.78 Å². The summed E-state index contributed by atoms with van der Waals surface area (Å²) in [6.45, 7) is 2.19. The molecule has 0 N–H and O–H groups in total. The summed E-state index contributed by atoms with van der Waals surface area (Å²) in [5.74, 6) is -2.16. The molecule has 216 valence electrons. The van der Waals surface area contributed by atoms with Crippen LogP contribution in [0.5, 0.6) is 0 Å². The van der Waals surface area contributed by atoms with E-state index >= 15 is 13.2 Å². The molecule has 9 heteroatoms. The lowest BCUT2D eigenvalue weighted by Crippen LogP contribution is -2.52. The lowest BCUT2D eigenvalue weighted by Gasteiger charge is -2.45. The molecule has 4 aliphatic carbocycles. The SMILES string of the molecule is CCCC1CCC(C2CCC(C3CC(F)C(C(F)(F)OC4CC(F)C(F)C(F)C4)C(F)C3)C(F)C2)CC1. The number of alkyl halides is 8. The Bertz CT molecular complexity index is 692. The second-order valence-corrected chi connectivity index (χ2v) is 12.4. The van der Waals surface area contributed by atoms with Gasteiger partial charge in [-0.15, -0.1) is 0 Å². The summed E-state index contributed by atoms with van der Waals surface area (Å²) in [6, 6.07) is 0. The summed E-state index contributed by atoms with van der Waals surface area (Å²) in [5.41, 5.74) is 0. The van der Waals surface area contributed by atoms with Crippen LogP contribution >= 0.6 is 0 Å². The highest BCUT2D eigenvalue weighted by Gasteiger charge is 2.57. The zero-order valence-electron chi connectivity index (χ0n) is 21.6. The highest BCUT2D eigenvalue weighted by Crippen LogP contribution is 2.51. The van der Waals surface area contributed by atoms with Gasteiger partial charge in [0, 0.05) is 12.8 Å². The minimum Gasteiger partial charge on any atom is -0.317 e. The van der Waals surface area contributed by atoms with Crippen molar-refractivity contribution >= 4 is 0 Å². The Balaban J connectivity index is 1.30. The van der Waals surface area contributed by atoms with Crippen molar-refractivity contribution in [1.29, 1.82) is 0 Å². The average molecular weight is 547 g/mol. The Morgan fingerprint density at radius 1 is 0.622 bits per heavy atom. The first-order chi connectivity index (χ1) is 17.5. The van der Waals surface area contributed by atoms with E-state index < -0.39 is 92.7 Å². The van der Waals surface area contributed by atoms with Crippen LogP contribution in [0.25, 0.3) is 0 Å². The lowest BCUT2D eigenvalue weighted by atomic mass is 9.63. The van der Waals surface area contributed by atoms with E-state index in [9.17, 15) is 22.0 Å². The monoisotopic (exact) mass is 546 g/mol. The second kappa shape index (κ2) is 12.3. The zero-order chi connectivity index (χ0) is 26.9. The molecule has 4 fully saturated rings. The van der Waals surface area contributed by atoms with E-state index in [4.69, 9.17) is 0 Å². The fourth-order valence-electron chi connectivity index (χ4n) is 7.93. The largest absolute Gasteiger partial charge is 0.364 e. The van der Waals surface area contributed by atoms with Crippen LogP contribution in [0.2, 0.25) is 0 Å². The van der Waals surface area contributed by atoms with Gasteiger partial charge in [-0.3, -0.25) is 0 Å².